The summed E-state index contributed by atoms with van der Waals surface area (Å²) < 4.78 is 0. The van der Waals surface area contributed by atoms with Gasteiger partial charge >= 0.3 is 0 Å². The number of carbonyl (C=O) groups is 1. The van der Waals surface area contributed by atoms with Gasteiger partial charge in [-0.15, -0.1) is 0 Å². The van der Waals surface area contributed by atoms with E-state index in [1.165, 1.54) is 77.9 Å². The van der Waals surface area contributed by atoms with Crippen LogP contribution < -0.4 is 0 Å². The summed E-state index contributed by atoms with van der Waals surface area (Å²) in [6.07, 6.45) is 0. The molecule has 0 saturated heterocycles. The zero-order chi connectivity index (χ0) is 43.2. The maximum atomic E-state index is 15.6. The normalized spacial score (nSPS) is 12.7. The summed E-state index contributed by atoms with van der Waals surface area (Å²) >= 11 is 0. The Kier molecular flexibility index (Phi) is 10.7. The Morgan fingerprint density at radius 1 is 0.210 bits per heavy atom. The topological polar surface area (TPSA) is 17.1 Å². The Morgan fingerprint density at radius 2 is 0.371 bits per heavy atom. The average Bonchev–Trinajstić information content (AvgIpc) is 3.56. The summed E-state index contributed by atoms with van der Waals surface area (Å²) in [6.45, 7) is 17.4. The van der Waals surface area contributed by atoms with Crippen LogP contribution in [0.5, 0.6) is 0 Å². The van der Waals surface area contributed by atoms with Gasteiger partial charge in [0.05, 0.1) is 0 Å². The molecule has 1 nitrogen and oxygen atoms in total. The number of aryl methyl sites for hydroxylation is 8. The lowest BCUT2D eigenvalue weighted by molar-refractivity contribution is -0.108. The highest BCUT2D eigenvalue weighted by atomic mass is 16.1. The zero-order valence-corrected chi connectivity index (χ0v) is 37.1. The van der Waals surface area contributed by atoms with E-state index in [0.717, 1.165) is 55.7 Å². The minimum Gasteiger partial charge on any atom is -0.289 e. The van der Waals surface area contributed by atoms with Gasteiger partial charge < -0.3 is 0 Å². The van der Waals surface area contributed by atoms with Gasteiger partial charge in [0.25, 0.3) is 0 Å². The molecule has 0 radical (unpaired) electrons. The third kappa shape index (κ3) is 7.18. The van der Waals surface area contributed by atoms with Crippen LogP contribution in [0.25, 0.3) is 66.8 Å². The molecule has 1 aliphatic rings. The van der Waals surface area contributed by atoms with Crippen LogP contribution in [0.3, 0.4) is 0 Å². The van der Waals surface area contributed by atoms with Crippen molar-refractivity contribution in [1.29, 1.82) is 0 Å². The summed E-state index contributed by atoms with van der Waals surface area (Å²) in [5.41, 5.74) is 26.7. The van der Waals surface area contributed by atoms with Gasteiger partial charge in [0, 0.05) is 22.3 Å². The Labute approximate surface area is 367 Å². The predicted octanol–water partition coefficient (Wildman–Crippen LogP) is 15.9. The zero-order valence-electron chi connectivity index (χ0n) is 37.1. The number of rotatable bonds is 8. The molecule has 0 spiro atoms. The molecule has 1 heteroatoms. The van der Waals surface area contributed by atoms with Gasteiger partial charge in [-0.25, -0.2) is 0 Å². The molecule has 0 atom stereocenters. The first-order valence-corrected chi connectivity index (χ1v) is 21.7. The number of allylic oxidation sites excluding steroid dienone is 4. The average molecular weight is 801 g/mol. The summed E-state index contributed by atoms with van der Waals surface area (Å²) in [7, 11) is 0. The molecule has 0 bridgehead atoms. The molecule has 0 amide bonds. The minimum absolute atomic E-state index is 0.0345. The van der Waals surface area contributed by atoms with Gasteiger partial charge in [-0.2, -0.15) is 0 Å². The van der Waals surface area contributed by atoms with Crippen LogP contribution in [0, 0.1) is 55.4 Å². The summed E-state index contributed by atoms with van der Waals surface area (Å²) in [6, 6.07) is 60.9. The number of hydrogen-bond donors (Lipinski definition) is 0. The summed E-state index contributed by atoms with van der Waals surface area (Å²) in [5.74, 6) is 0.0345. The summed E-state index contributed by atoms with van der Waals surface area (Å²) in [4.78, 5) is 15.6. The van der Waals surface area contributed by atoms with Crippen LogP contribution in [0.1, 0.15) is 66.8 Å². The monoisotopic (exact) mass is 800 g/mol. The van der Waals surface area contributed by atoms with E-state index in [1.807, 2.05) is 0 Å². The molecule has 302 valence electrons. The van der Waals surface area contributed by atoms with Crippen LogP contribution in [0.15, 0.2) is 170 Å². The summed E-state index contributed by atoms with van der Waals surface area (Å²) in [5, 5.41) is 0. The van der Waals surface area contributed by atoms with Gasteiger partial charge in [0.2, 0.25) is 0 Å². The minimum atomic E-state index is 0.0345. The first kappa shape index (κ1) is 40.3. The fraction of sp³-hybridized carbons (Fsp3) is 0.131. The maximum Gasteiger partial charge on any atom is 0.195 e. The number of Topliss-reactive ketones (excluding diaryl/α,β-unsaturated/α-hetero) is 1. The molecule has 0 N–H and O–H groups in total. The van der Waals surface area contributed by atoms with E-state index in [9.17, 15) is 0 Å². The molecule has 0 heterocycles. The predicted molar refractivity (Wildman–Crippen MR) is 264 cm³/mol. The lowest BCUT2D eigenvalue weighted by atomic mass is 9.86. The van der Waals surface area contributed by atoms with Crippen molar-refractivity contribution in [3.05, 3.63) is 237 Å². The van der Waals surface area contributed by atoms with E-state index in [4.69, 9.17) is 0 Å². The molecule has 8 aromatic rings. The third-order valence-electron chi connectivity index (χ3n) is 13.0. The van der Waals surface area contributed by atoms with Crippen LogP contribution in [-0.4, -0.2) is 5.78 Å². The third-order valence-corrected chi connectivity index (χ3v) is 13.0. The Morgan fingerprint density at radius 3 is 0.565 bits per heavy atom. The molecule has 1 aliphatic carbocycles. The van der Waals surface area contributed by atoms with Crippen molar-refractivity contribution in [3.8, 4) is 44.5 Å². The number of ketones is 1. The second-order valence-electron chi connectivity index (χ2n) is 17.2. The fourth-order valence-electron chi connectivity index (χ4n) is 10.0. The number of hydrogen-bond acceptors (Lipinski definition) is 1. The Bertz CT molecular complexity index is 2800. The first-order valence-electron chi connectivity index (χ1n) is 21.7. The van der Waals surface area contributed by atoms with Crippen LogP contribution in [0.2, 0.25) is 0 Å². The first-order chi connectivity index (χ1) is 30.0. The standard InChI is InChI=1S/C61H52O/c1-37-13-9-14-38(2)53(37)45-21-29-49(30-22-45)57-58(50-31-23-46(24-32-50)54-39(3)15-10-16-40(54)4)60(52-35-27-48(28-36-52)56-43(7)19-12-20-44(56)8)61(62)59(57)51-33-25-47(26-34-51)55-41(5)17-11-18-42(55)6/h9-36H,1-8H3. The molecule has 0 saturated carbocycles. The number of carbonyl (C=O) groups excluding carboxylic acids is 1. The number of benzene rings is 8. The second kappa shape index (κ2) is 16.4. The molecule has 0 aliphatic heterocycles. The highest BCUT2D eigenvalue weighted by Crippen LogP contribution is 2.51. The van der Waals surface area contributed by atoms with Crippen LogP contribution >= 0.6 is 0 Å². The molecule has 0 unspecified atom stereocenters. The molecule has 0 aromatic heterocycles. The van der Waals surface area contributed by atoms with E-state index in [2.05, 4.69) is 225 Å². The SMILES string of the molecule is Cc1cccc(C)c1-c1ccc(C2=C(c3ccc(-c4c(C)cccc4C)cc3)C(c3ccc(-c4c(C)cccc4C)cc3)=C(c3ccc(-c4c(C)cccc4C)cc3)C2=O)cc1. The van der Waals surface area contributed by atoms with Gasteiger partial charge in [-0.3, -0.25) is 4.79 Å². The molecule has 0 fully saturated rings. The Hall–Kier alpha value is -7.09. The van der Waals surface area contributed by atoms with Crippen molar-refractivity contribution in [2.75, 3.05) is 0 Å². The quantitative estimate of drug-likeness (QED) is 0.150. The van der Waals surface area contributed by atoms with E-state index < -0.39 is 0 Å². The maximum absolute atomic E-state index is 15.6. The molecule has 8 aromatic carbocycles. The van der Waals surface area contributed by atoms with Gasteiger partial charge in [0.1, 0.15) is 0 Å². The molecular weight excluding hydrogens is 749 g/mol. The highest BCUT2D eigenvalue weighted by Gasteiger charge is 2.36. The van der Waals surface area contributed by atoms with Crippen molar-refractivity contribution in [2.24, 2.45) is 0 Å². The lowest BCUT2D eigenvalue weighted by Gasteiger charge is -2.17. The second-order valence-corrected chi connectivity index (χ2v) is 17.2. The highest BCUT2D eigenvalue weighted by molar-refractivity contribution is 6.59. The van der Waals surface area contributed by atoms with Crippen LogP contribution in [-0.2, 0) is 4.79 Å². The largest absolute Gasteiger partial charge is 0.289 e. The van der Waals surface area contributed by atoms with E-state index >= 15 is 4.79 Å². The Balaban J connectivity index is 1.27. The molecular formula is C61H52O. The smallest absolute Gasteiger partial charge is 0.195 e. The van der Waals surface area contributed by atoms with Gasteiger partial charge in [0.15, 0.2) is 5.78 Å². The van der Waals surface area contributed by atoms with Crippen molar-refractivity contribution in [3.63, 3.8) is 0 Å². The van der Waals surface area contributed by atoms with Crippen molar-refractivity contribution < 1.29 is 4.79 Å². The van der Waals surface area contributed by atoms with Crippen molar-refractivity contribution in [2.45, 2.75) is 55.4 Å². The van der Waals surface area contributed by atoms with Crippen molar-refractivity contribution >= 4 is 28.1 Å². The molecule has 62 heavy (non-hydrogen) atoms. The van der Waals surface area contributed by atoms with Crippen LogP contribution in [0.4, 0.5) is 0 Å². The van der Waals surface area contributed by atoms with Gasteiger partial charge in [-0.1, -0.05) is 170 Å². The lowest BCUT2D eigenvalue weighted by Crippen LogP contribution is -2.02. The van der Waals surface area contributed by atoms with E-state index in [-0.39, 0.29) is 5.78 Å². The van der Waals surface area contributed by atoms with E-state index in [1.54, 1.807) is 0 Å². The van der Waals surface area contributed by atoms with Crippen molar-refractivity contribution in [1.82, 2.24) is 0 Å². The van der Waals surface area contributed by atoms with Gasteiger partial charge in [-0.05, 0) is 167 Å². The van der Waals surface area contributed by atoms with E-state index in [0.29, 0.717) is 0 Å². The molecule has 9 rings (SSSR count). The fourth-order valence-corrected chi connectivity index (χ4v) is 10.0.